The second-order valence-electron chi connectivity index (χ2n) is 6.80. The monoisotopic (exact) mass is 341 g/mol. The van der Waals surface area contributed by atoms with E-state index in [2.05, 4.69) is 17.5 Å². The fraction of sp³-hybridized carbons (Fsp3) is 0.429. The van der Waals surface area contributed by atoms with Crippen LogP contribution in [-0.2, 0) is 9.53 Å². The van der Waals surface area contributed by atoms with Crippen LogP contribution in [0.15, 0.2) is 54.1 Å². The molecule has 4 nitrogen and oxygen atoms in total. The summed E-state index contributed by atoms with van der Waals surface area (Å²) in [7, 11) is 0. The second kappa shape index (κ2) is 8.15. The van der Waals surface area contributed by atoms with Gasteiger partial charge in [0.1, 0.15) is 12.1 Å². The first-order valence-electron chi connectivity index (χ1n) is 9.10. The number of nitrogens with one attached hydrogen (secondary N) is 1. The van der Waals surface area contributed by atoms with Crippen LogP contribution in [0, 0.1) is 0 Å². The molecule has 0 unspecified atom stereocenters. The number of hydrogen-bond acceptors (Lipinski definition) is 3. The van der Waals surface area contributed by atoms with Gasteiger partial charge >= 0.3 is 5.97 Å². The summed E-state index contributed by atoms with van der Waals surface area (Å²) in [5.74, 6) is -0.521. The summed E-state index contributed by atoms with van der Waals surface area (Å²) in [5.41, 5.74) is 0.697. The molecule has 2 aliphatic rings. The maximum Gasteiger partial charge on any atom is 0.332 e. The molecule has 4 heteroatoms. The summed E-state index contributed by atoms with van der Waals surface area (Å²) in [4.78, 5) is 25.4. The van der Waals surface area contributed by atoms with E-state index in [0.717, 1.165) is 37.7 Å². The van der Waals surface area contributed by atoms with Crippen molar-refractivity contribution in [3.63, 3.8) is 0 Å². The van der Waals surface area contributed by atoms with Crippen molar-refractivity contribution in [1.82, 2.24) is 5.32 Å². The summed E-state index contributed by atoms with van der Waals surface area (Å²) < 4.78 is 5.59. The van der Waals surface area contributed by atoms with Gasteiger partial charge in [0, 0.05) is 6.99 Å². The molecule has 1 aromatic rings. The maximum atomic E-state index is 12.8. The molecule has 134 valence electrons. The Morgan fingerprint density at radius 2 is 1.84 bits per heavy atom. The highest BCUT2D eigenvalue weighted by molar-refractivity contribution is 5.98. The third-order valence-electron chi connectivity index (χ3n) is 4.93. The van der Waals surface area contributed by atoms with Gasteiger partial charge in [0.2, 0.25) is 0 Å². The standard InChI is InChI=1S/C21H25NO3.H2/c23-19(18-12-6-2-7-13-18)22-21(14-8-3-9-15-21)20(24)25-16-17-10-4-1-5-11-17;/h2,4,6-7,10-13H,1,3,5,8-9,14-16H2,(H,22,23);1H. The van der Waals surface area contributed by atoms with Crippen molar-refractivity contribution in [3.05, 3.63) is 59.7 Å². The highest BCUT2D eigenvalue weighted by atomic mass is 16.5. The number of amides is 1. The van der Waals surface area contributed by atoms with Crippen LogP contribution in [-0.4, -0.2) is 24.0 Å². The van der Waals surface area contributed by atoms with Crippen LogP contribution in [0.1, 0.15) is 56.7 Å². The third-order valence-corrected chi connectivity index (χ3v) is 4.93. The third kappa shape index (κ3) is 4.38. The molecule has 1 fully saturated rings. The maximum absolute atomic E-state index is 12.8. The first-order valence-corrected chi connectivity index (χ1v) is 9.10. The predicted octanol–water partition coefficient (Wildman–Crippen LogP) is 4.18. The zero-order chi connectivity index (χ0) is 17.5. The van der Waals surface area contributed by atoms with Gasteiger partial charge in [-0.25, -0.2) is 4.79 Å². The van der Waals surface area contributed by atoms with Gasteiger partial charge in [0.05, 0.1) is 0 Å². The Morgan fingerprint density at radius 1 is 1.08 bits per heavy atom. The van der Waals surface area contributed by atoms with E-state index in [1.54, 1.807) is 12.1 Å². The number of benzene rings is 1. The normalized spacial score (nSPS) is 19.0. The molecule has 0 spiro atoms. The van der Waals surface area contributed by atoms with E-state index < -0.39 is 5.54 Å². The molecule has 3 rings (SSSR count). The van der Waals surface area contributed by atoms with Gasteiger partial charge in [-0.05, 0) is 43.4 Å². The molecule has 0 aromatic heterocycles. The van der Waals surface area contributed by atoms with Crippen LogP contribution in [0.5, 0.6) is 0 Å². The van der Waals surface area contributed by atoms with Crippen LogP contribution in [0.3, 0.4) is 0 Å². The summed E-state index contributed by atoms with van der Waals surface area (Å²) in [6.07, 6.45) is 12.4. The van der Waals surface area contributed by atoms with E-state index >= 15 is 0 Å². The Labute approximate surface area is 150 Å². The van der Waals surface area contributed by atoms with Gasteiger partial charge < -0.3 is 10.1 Å². The number of hydrogen-bond donors (Lipinski definition) is 1. The first kappa shape index (κ1) is 17.5. The fourth-order valence-electron chi connectivity index (χ4n) is 3.48. The number of ether oxygens (including phenoxy) is 1. The lowest BCUT2D eigenvalue weighted by atomic mass is 9.81. The van der Waals surface area contributed by atoms with Crippen molar-refractivity contribution in [2.45, 2.75) is 50.5 Å². The highest BCUT2D eigenvalue weighted by Gasteiger charge is 2.42. The Morgan fingerprint density at radius 3 is 2.52 bits per heavy atom. The quantitative estimate of drug-likeness (QED) is 0.817. The highest BCUT2D eigenvalue weighted by Crippen LogP contribution is 2.30. The molecule has 1 amide bonds. The minimum absolute atomic E-state index is 0. The van der Waals surface area contributed by atoms with Crippen molar-refractivity contribution in [3.8, 4) is 0 Å². The smallest absolute Gasteiger partial charge is 0.332 e. The summed E-state index contributed by atoms with van der Waals surface area (Å²) in [6, 6.07) is 9.03. The molecule has 2 aliphatic carbocycles. The van der Waals surface area contributed by atoms with Gasteiger partial charge in [0.15, 0.2) is 0 Å². The van der Waals surface area contributed by atoms with Gasteiger partial charge in [-0.3, -0.25) is 4.79 Å². The lowest BCUT2D eigenvalue weighted by molar-refractivity contribution is -0.151. The molecular weight excluding hydrogens is 314 g/mol. The van der Waals surface area contributed by atoms with E-state index in [1.165, 1.54) is 0 Å². The van der Waals surface area contributed by atoms with Gasteiger partial charge in [-0.15, -0.1) is 0 Å². The lowest BCUT2D eigenvalue weighted by Gasteiger charge is -2.35. The SMILES string of the molecule is O=C(NC1(C(=O)OCC2=CCCC=C2)CCCCC1)c1ccccc1.[HH]. The molecule has 0 heterocycles. The number of carbonyl (C=O) groups excluding carboxylic acids is 2. The van der Waals surface area contributed by atoms with E-state index in [1.807, 2.05) is 24.3 Å². The summed E-state index contributed by atoms with van der Waals surface area (Å²) in [6.45, 7) is 0.276. The summed E-state index contributed by atoms with van der Waals surface area (Å²) in [5, 5.41) is 2.99. The zero-order valence-electron chi connectivity index (χ0n) is 14.5. The van der Waals surface area contributed by atoms with Gasteiger partial charge in [0.25, 0.3) is 5.91 Å². The molecule has 1 N–H and O–H groups in total. The van der Waals surface area contributed by atoms with E-state index in [4.69, 9.17) is 4.74 Å². The van der Waals surface area contributed by atoms with Crippen LogP contribution in [0.4, 0.5) is 0 Å². The van der Waals surface area contributed by atoms with Crippen molar-refractivity contribution < 1.29 is 15.8 Å². The largest absolute Gasteiger partial charge is 0.459 e. The zero-order valence-corrected chi connectivity index (χ0v) is 14.5. The molecule has 0 aliphatic heterocycles. The van der Waals surface area contributed by atoms with Crippen molar-refractivity contribution >= 4 is 11.9 Å². The number of allylic oxidation sites excluding steroid dienone is 2. The topological polar surface area (TPSA) is 55.4 Å². The average Bonchev–Trinajstić information content (AvgIpc) is 2.68. The molecular formula is C21H27NO3. The van der Waals surface area contributed by atoms with E-state index in [9.17, 15) is 9.59 Å². The van der Waals surface area contributed by atoms with Gasteiger partial charge in [-0.2, -0.15) is 0 Å². The Bertz CT molecular complexity index is 676. The molecule has 25 heavy (non-hydrogen) atoms. The fourth-order valence-corrected chi connectivity index (χ4v) is 3.48. The Kier molecular flexibility index (Phi) is 5.69. The molecule has 0 bridgehead atoms. The second-order valence-corrected chi connectivity index (χ2v) is 6.80. The first-order chi connectivity index (χ1) is 12.2. The lowest BCUT2D eigenvalue weighted by Crippen LogP contribution is -2.56. The van der Waals surface area contributed by atoms with Crippen molar-refractivity contribution in [2.75, 3.05) is 6.61 Å². The number of rotatable bonds is 5. The number of carbonyl (C=O) groups is 2. The Balaban J connectivity index is 0.00000243. The van der Waals surface area contributed by atoms with E-state index in [0.29, 0.717) is 18.4 Å². The van der Waals surface area contributed by atoms with Crippen LogP contribution < -0.4 is 5.32 Å². The molecule has 0 saturated heterocycles. The van der Waals surface area contributed by atoms with Gasteiger partial charge in [-0.1, -0.05) is 55.7 Å². The van der Waals surface area contributed by atoms with Crippen LogP contribution >= 0.6 is 0 Å². The Hall–Kier alpha value is -2.36. The molecule has 1 saturated carbocycles. The predicted molar refractivity (Wildman–Crippen MR) is 99.3 cm³/mol. The molecule has 1 aromatic carbocycles. The average molecular weight is 341 g/mol. The summed E-state index contributed by atoms with van der Waals surface area (Å²) >= 11 is 0. The van der Waals surface area contributed by atoms with Crippen LogP contribution in [0.25, 0.3) is 0 Å². The number of esters is 1. The molecule has 0 atom stereocenters. The van der Waals surface area contributed by atoms with Crippen molar-refractivity contribution in [2.24, 2.45) is 0 Å². The minimum Gasteiger partial charge on any atom is -0.459 e. The minimum atomic E-state index is -0.899. The van der Waals surface area contributed by atoms with Crippen molar-refractivity contribution in [1.29, 1.82) is 0 Å². The van der Waals surface area contributed by atoms with E-state index in [-0.39, 0.29) is 19.9 Å². The van der Waals surface area contributed by atoms with Crippen LogP contribution in [0.2, 0.25) is 0 Å². The molecule has 0 radical (unpaired) electrons.